The van der Waals surface area contributed by atoms with Gasteiger partial charge in [0.05, 0.1) is 6.54 Å². The summed E-state index contributed by atoms with van der Waals surface area (Å²) in [5.74, 6) is 1.84. The molecule has 1 aliphatic carbocycles. The first kappa shape index (κ1) is 15.8. The molecule has 3 rings (SSSR count). The standard InChI is InChI=1S/C17H29N3O2/c21-16(19-7-1-2-8-19)11-14-5-9-20(10-6-14)17(22)13-18-12-15-3-4-15/h14-15,18H,1-13H2. The number of rotatable bonds is 6. The zero-order valence-electron chi connectivity index (χ0n) is 13.6. The van der Waals surface area contributed by atoms with Gasteiger partial charge in [-0.15, -0.1) is 0 Å². The average Bonchev–Trinajstić information content (AvgIpc) is 3.18. The van der Waals surface area contributed by atoms with Crippen LogP contribution in [0.3, 0.4) is 0 Å². The monoisotopic (exact) mass is 307 g/mol. The van der Waals surface area contributed by atoms with Gasteiger partial charge in [-0.2, -0.15) is 0 Å². The predicted octanol–water partition coefficient (Wildman–Crippen LogP) is 1.24. The van der Waals surface area contributed by atoms with Crippen molar-refractivity contribution in [1.29, 1.82) is 0 Å². The fourth-order valence-electron chi connectivity index (χ4n) is 3.55. The van der Waals surface area contributed by atoms with E-state index in [-0.39, 0.29) is 5.91 Å². The number of hydrogen-bond donors (Lipinski definition) is 1. The molecule has 0 aromatic heterocycles. The van der Waals surface area contributed by atoms with Crippen molar-refractivity contribution in [3.8, 4) is 0 Å². The molecule has 0 aromatic rings. The fourth-order valence-corrected chi connectivity index (χ4v) is 3.55. The quantitative estimate of drug-likeness (QED) is 0.803. The van der Waals surface area contributed by atoms with Crippen LogP contribution in [0.1, 0.15) is 44.9 Å². The molecule has 0 bridgehead atoms. The predicted molar refractivity (Wildman–Crippen MR) is 85.3 cm³/mol. The maximum Gasteiger partial charge on any atom is 0.236 e. The summed E-state index contributed by atoms with van der Waals surface area (Å²) in [6, 6.07) is 0. The second-order valence-corrected chi connectivity index (χ2v) is 7.19. The SMILES string of the molecule is O=C(CNCC1CC1)N1CCC(CC(=O)N2CCCC2)CC1. The molecule has 2 aliphatic heterocycles. The van der Waals surface area contributed by atoms with Gasteiger partial charge in [-0.05, 0) is 56.9 Å². The lowest BCUT2D eigenvalue weighted by atomic mass is 9.93. The molecule has 5 nitrogen and oxygen atoms in total. The van der Waals surface area contributed by atoms with Crippen molar-refractivity contribution in [2.24, 2.45) is 11.8 Å². The number of carbonyl (C=O) groups is 2. The van der Waals surface area contributed by atoms with E-state index in [9.17, 15) is 9.59 Å². The highest BCUT2D eigenvalue weighted by atomic mass is 16.2. The molecule has 1 N–H and O–H groups in total. The van der Waals surface area contributed by atoms with Gasteiger partial charge in [0, 0.05) is 32.6 Å². The molecule has 3 fully saturated rings. The number of piperidine rings is 1. The molecule has 3 aliphatic rings. The van der Waals surface area contributed by atoms with E-state index in [1.165, 1.54) is 12.8 Å². The molecule has 22 heavy (non-hydrogen) atoms. The van der Waals surface area contributed by atoms with E-state index in [2.05, 4.69) is 5.32 Å². The van der Waals surface area contributed by atoms with Gasteiger partial charge in [0.1, 0.15) is 0 Å². The lowest BCUT2D eigenvalue weighted by molar-refractivity contribution is -0.133. The second-order valence-electron chi connectivity index (χ2n) is 7.19. The van der Waals surface area contributed by atoms with Crippen molar-refractivity contribution >= 4 is 11.8 Å². The van der Waals surface area contributed by atoms with Crippen LogP contribution in [0, 0.1) is 11.8 Å². The number of carbonyl (C=O) groups excluding carboxylic acids is 2. The van der Waals surface area contributed by atoms with Crippen LogP contribution in [0.25, 0.3) is 0 Å². The van der Waals surface area contributed by atoms with Crippen LogP contribution in [0.5, 0.6) is 0 Å². The summed E-state index contributed by atoms with van der Waals surface area (Å²) in [5, 5.41) is 3.27. The molecule has 0 spiro atoms. The smallest absolute Gasteiger partial charge is 0.236 e. The minimum absolute atomic E-state index is 0.227. The summed E-state index contributed by atoms with van der Waals surface area (Å²) in [4.78, 5) is 28.3. The van der Waals surface area contributed by atoms with Gasteiger partial charge >= 0.3 is 0 Å². The maximum atomic E-state index is 12.2. The molecule has 0 aromatic carbocycles. The third kappa shape index (κ3) is 4.45. The van der Waals surface area contributed by atoms with Gasteiger partial charge in [-0.1, -0.05) is 0 Å². The molecular weight excluding hydrogens is 278 g/mol. The molecule has 2 amide bonds. The van der Waals surface area contributed by atoms with E-state index in [0.717, 1.165) is 64.3 Å². The van der Waals surface area contributed by atoms with Crippen molar-refractivity contribution in [1.82, 2.24) is 15.1 Å². The van der Waals surface area contributed by atoms with Crippen molar-refractivity contribution in [2.45, 2.75) is 44.9 Å². The van der Waals surface area contributed by atoms with Crippen LogP contribution in [0.15, 0.2) is 0 Å². The Morgan fingerprint density at radius 1 is 0.818 bits per heavy atom. The van der Waals surface area contributed by atoms with Gasteiger partial charge in [0.15, 0.2) is 0 Å². The highest BCUT2D eigenvalue weighted by Crippen LogP contribution is 2.27. The highest BCUT2D eigenvalue weighted by molar-refractivity contribution is 5.78. The summed E-state index contributed by atoms with van der Waals surface area (Å²) in [6.45, 7) is 5.01. The zero-order chi connectivity index (χ0) is 15.4. The third-order valence-corrected chi connectivity index (χ3v) is 5.30. The first-order chi connectivity index (χ1) is 10.7. The summed E-state index contributed by atoms with van der Waals surface area (Å²) in [7, 11) is 0. The Bertz CT molecular complexity index is 395. The molecule has 124 valence electrons. The summed E-state index contributed by atoms with van der Waals surface area (Å²) in [5.41, 5.74) is 0. The number of amides is 2. The van der Waals surface area contributed by atoms with Crippen LogP contribution < -0.4 is 5.32 Å². The van der Waals surface area contributed by atoms with Gasteiger partial charge < -0.3 is 15.1 Å². The minimum Gasteiger partial charge on any atom is -0.343 e. The number of hydrogen-bond acceptors (Lipinski definition) is 3. The van der Waals surface area contributed by atoms with Gasteiger partial charge in [-0.25, -0.2) is 0 Å². The van der Waals surface area contributed by atoms with Crippen LogP contribution in [-0.2, 0) is 9.59 Å². The Labute approximate surface area is 133 Å². The van der Waals surface area contributed by atoms with E-state index in [1.807, 2.05) is 9.80 Å². The van der Waals surface area contributed by atoms with Gasteiger partial charge in [0.25, 0.3) is 0 Å². The van der Waals surface area contributed by atoms with Crippen molar-refractivity contribution in [3.05, 3.63) is 0 Å². The molecule has 2 saturated heterocycles. The lowest BCUT2D eigenvalue weighted by Gasteiger charge is -2.32. The minimum atomic E-state index is 0.227. The second kappa shape index (κ2) is 7.44. The molecular formula is C17H29N3O2. The maximum absolute atomic E-state index is 12.2. The van der Waals surface area contributed by atoms with E-state index in [4.69, 9.17) is 0 Å². The molecule has 0 unspecified atom stereocenters. The Kier molecular flexibility index (Phi) is 5.34. The first-order valence-electron chi connectivity index (χ1n) is 8.98. The number of nitrogens with zero attached hydrogens (tertiary/aromatic N) is 2. The third-order valence-electron chi connectivity index (χ3n) is 5.30. The Morgan fingerprint density at radius 2 is 1.45 bits per heavy atom. The number of likely N-dealkylation sites (tertiary alicyclic amines) is 2. The summed E-state index contributed by atoms with van der Waals surface area (Å²) in [6.07, 6.45) is 7.60. The Balaban J connectivity index is 1.32. The Hall–Kier alpha value is -1.10. The Morgan fingerprint density at radius 3 is 2.09 bits per heavy atom. The van der Waals surface area contributed by atoms with Crippen LogP contribution in [-0.4, -0.2) is 60.9 Å². The molecule has 5 heteroatoms. The van der Waals surface area contributed by atoms with E-state index in [1.54, 1.807) is 0 Å². The van der Waals surface area contributed by atoms with Crippen molar-refractivity contribution in [3.63, 3.8) is 0 Å². The number of nitrogens with one attached hydrogen (secondary N) is 1. The molecule has 0 radical (unpaired) electrons. The van der Waals surface area contributed by atoms with E-state index < -0.39 is 0 Å². The topological polar surface area (TPSA) is 52.7 Å². The largest absolute Gasteiger partial charge is 0.343 e. The fraction of sp³-hybridized carbons (Fsp3) is 0.882. The van der Waals surface area contributed by atoms with E-state index in [0.29, 0.717) is 24.8 Å². The van der Waals surface area contributed by atoms with Crippen LogP contribution >= 0.6 is 0 Å². The first-order valence-corrected chi connectivity index (χ1v) is 8.98. The van der Waals surface area contributed by atoms with Crippen LogP contribution in [0.4, 0.5) is 0 Å². The van der Waals surface area contributed by atoms with Crippen molar-refractivity contribution < 1.29 is 9.59 Å². The highest BCUT2D eigenvalue weighted by Gasteiger charge is 2.27. The summed E-state index contributed by atoms with van der Waals surface area (Å²) < 4.78 is 0. The summed E-state index contributed by atoms with van der Waals surface area (Å²) >= 11 is 0. The molecule has 0 atom stereocenters. The molecule has 2 heterocycles. The van der Waals surface area contributed by atoms with Crippen molar-refractivity contribution in [2.75, 3.05) is 39.3 Å². The van der Waals surface area contributed by atoms with Gasteiger partial charge in [-0.3, -0.25) is 9.59 Å². The van der Waals surface area contributed by atoms with Gasteiger partial charge in [0.2, 0.25) is 11.8 Å². The van der Waals surface area contributed by atoms with Crippen LogP contribution in [0.2, 0.25) is 0 Å². The normalized spacial score (nSPS) is 23.1. The lowest BCUT2D eigenvalue weighted by Crippen LogP contribution is -2.44. The van der Waals surface area contributed by atoms with E-state index >= 15 is 0 Å². The average molecular weight is 307 g/mol. The molecule has 1 saturated carbocycles. The zero-order valence-corrected chi connectivity index (χ0v) is 13.6.